The second-order valence-corrected chi connectivity index (χ2v) is 9.54. The molecular weight excluding hydrogens is 493 g/mol. The van der Waals surface area contributed by atoms with Crippen LogP contribution >= 0.6 is 0 Å². The largest absolute Gasteiger partial charge is 0.420 e. The number of amides is 1. The van der Waals surface area contributed by atoms with Crippen molar-refractivity contribution in [1.82, 2.24) is 24.5 Å². The van der Waals surface area contributed by atoms with Crippen molar-refractivity contribution in [2.45, 2.75) is 62.9 Å². The Labute approximate surface area is 208 Å². The third kappa shape index (κ3) is 4.21. The Morgan fingerprint density at radius 1 is 1.19 bits per heavy atom. The van der Waals surface area contributed by atoms with Gasteiger partial charge in [0, 0.05) is 35.3 Å². The number of hydrogen-bond acceptors (Lipinski definition) is 8. The number of pyridine rings is 1. The van der Waals surface area contributed by atoms with Crippen LogP contribution in [0.15, 0.2) is 24.5 Å². The Morgan fingerprint density at radius 2 is 1.86 bits per heavy atom. The van der Waals surface area contributed by atoms with E-state index in [1.165, 1.54) is 29.9 Å². The van der Waals surface area contributed by atoms with Crippen LogP contribution in [0.4, 0.5) is 19.0 Å². The van der Waals surface area contributed by atoms with Crippen LogP contribution in [0.5, 0.6) is 0 Å². The molecule has 0 aliphatic carbocycles. The molecule has 0 radical (unpaired) electrons. The van der Waals surface area contributed by atoms with Crippen LogP contribution in [-0.2, 0) is 4.79 Å². The van der Waals surface area contributed by atoms with Crippen molar-refractivity contribution in [1.29, 1.82) is 0 Å². The molecule has 2 aliphatic heterocycles. The van der Waals surface area contributed by atoms with E-state index in [1.54, 1.807) is 4.90 Å². The molecule has 3 aromatic rings. The first-order chi connectivity index (χ1) is 17.5. The van der Waals surface area contributed by atoms with E-state index in [1.807, 2.05) is 0 Å². The van der Waals surface area contributed by atoms with Crippen LogP contribution in [0.2, 0.25) is 0 Å². The molecule has 2 saturated heterocycles. The molecule has 1 amide bonds. The van der Waals surface area contributed by atoms with Gasteiger partial charge in [-0.1, -0.05) is 6.07 Å². The van der Waals surface area contributed by atoms with E-state index < -0.39 is 24.6 Å². The number of anilines is 1. The number of alkyl halides is 3. The highest BCUT2D eigenvalue weighted by atomic mass is 19.4. The van der Waals surface area contributed by atoms with Gasteiger partial charge in [0.05, 0.1) is 23.1 Å². The minimum absolute atomic E-state index is 0.0800. The summed E-state index contributed by atoms with van der Waals surface area (Å²) in [5.41, 5.74) is 7.74. The fraction of sp³-hybridized carbons (Fsp3) is 0.458. The molecule has 0 spiro atoms. The molecule has 4 N–H and O–H groups in total. The summed E-state index contributed by atoms with van der Waals surface area (Å²) in [7, 11) is 0. The minimum Gasteiger partial charge on any atom is -0.387 e. The molecule has 0 aromatic carbocycles. The zero-order valence-corrected chi connectivity index (χ0v) is 19.8. The van der Waals surface area contributed by atoms with Crippen molar-refractivity contribution >= 4 is 23.2 Å². The van der Waals surface area contributed by atoms with Gasteiger partial charge in [0.1, 0.15) is 12.4 Å². The molecular formula is C24H25F3N6O4. The van der Waals surface area contributed by atoms with Crippen molar-refractivity contribution in [3.05, 3.63) is 41.5 Å². The second-order valence-electron chi connectivity index (χ2n) is 9.54. The number of hydrogen-bond donors (Lipinski definition) is 3. The topological polar surface area (TPSA) is 147 Å². The van der Waals surface area contributed by atoms with Crippen molar-refractivity contribution in [2.75, 3.05) is 12.3 Å². The minimum atomic E-state index is -4.84. The first kappa shape index (κ1) is 25.1. The van der Waals surface area contributed by atoms with E-state index in [-0.39, 0.29) is 41.1 Å². The van der Waals surface area contributed by atoms with Gasteiger partial charge >= 0.3 is 6.18 Å². The Morgan fingerprint density at radius 3 is 2.41 bits per heavy atom. The average Bonchev–Trinajstić information content (AvgIpc) is 3.40. The second kappa shape index (κ2) is 9.06. The first-order valence-corrected chi connectivity index (χ1v) is 11.8. The monoisotopic (exact) mass is 518 g/mol. The van der Waals surface area contributed by atoms with E-state index >= 15 is 0 Å². The van der Waals surface area contributed by atoms with Gasteiger partial charge in [-0.3, -0.25) is 14.6 Å². The number of Topliss-reactive ketones (excluding diaryl/α,β-unsaturated/α-hetero) is 1. The van der Waals surface area contributed by atoms with Gasteiger partial charge in [-0.15, -0.1) is 0 Å². The summed E-state index contributed by atoms with van der Waals surface area (Å²) in [5.74, 6) is -0.675. The van der Waals surface area contributed by atoms with E-state index in [0.717, 1.165) is 18.9 Å². The number of ketones is 1. The van der Waals surface area contributed by atoms with Crippen molar-refractivity contribution in [3.63, 3.8) is 0 Å². The normalized spacial score (nSPS) is 22.4. The van der Waals surface area contributed by atoms with E-state index in [2.05, 4.69) is 10.1 Å². The summed E-state index contributed by atoms with van der Waals surface area (Å²) in [4.78, 5) is 35.2. The summed E-state index contributed by atoms with van der Waals surface area (Å²) in [5, 5.41) is 23.1. The number of carbonyl (C=O) groups is 2. The van der Waals surface area contributed by atoms with Crippen LogP contribution in [0.1, 0.15) is 66.4 Å². The van der Waals surface area contributed by atoms with E-state index in [9.17, 15) is 33.0 Å². The molecule has 10 nitrogen and oxygen atoms in total. The number of fused-ring (bicyclic) bond motifs is 3. The first-order valence-electron chi connectivity index (χ1n) is 11.8. The standard InChI is InChI=1S/C24H25F3N6O4/c1-11(35)19-20(13-6-14-3-4-15(7-13)32(14)18(36)10-34)31-23-16(9-30-33(23)22(19)28)12-2-5-17(29-8-12)21(37)24(25,26)27/h2,5,8-9,13-15,21,34,37H,3-4,6-7,10,28H2,1H3/t13-,14-,15?,21?/m0/s1. The Kier molecular flexibility index (Phi) is 6.15. The molecule has 4 atom stereocenters. The number of aliphatic hydroxyl groups is 2. The van der Waals surface area contributed by atoms with Crippen LogP contribution in [0.3, 0.4) is 0 Å². The predicted octanol–water partition coefficient (Wildman–Crippen LogP) is 2.40. The highest BCUT2D eigenvalue weighted by molar-refractivity contribution is 6.00. The van der Waals surface area contributed by atoms with Crippen molar-refractivity contribution in [2.24, 2.45) is 0 Å². The van der Waals surface area contributed by atoms with Crippen LogP contribution < -0.4 is 5.73 Å². The lowest BCUT2D eigenvalue weighted by Gasteiger charge is -2.39. The Balaban J connectivity index is 1.56. The molecule has 5 rings (SSSR count). The number of aromatic nitrogens is 4. The van der Waals surface area contributed by atoms with Gasteiger partial charge in [0.2, 0.25) is 5.91 Å². The molecule has 196 valence electrons. The summed E-state index contributed by atoms with van der Waals surface area (Å²) in [6.45, 7) is 0.834. The van der Waals surface area contributed by atoms with E-state index in [0.29, 0.717) is 35.3 Å². The molecule has 2 unspecified atom stereocenters. The maximum atomic E-state index is 12.8. The lowest BCUT2D eigenvalue weighted by Crippen LogP contribution is -2.47. The van der Waals surface area contributed by atoms with Gasteiger partial charge < -0.3 is 20.8 Å². The van der Waals surface area contributed by atoms with Gasteiger partial charge in [-0.25, -0.2) is 4.98 Å². The SMILES string of the molecule is CC(=O)c1c([C@@H]2CC3CC[C@@H](C2)N3C(=O)CO)nc2c(-c3ccc(C(O)C(F)(F)F)nc3)cnn2c1N. The number of halogens is 3. The number of nitrogens with two attached hydrogens (primary N) is 1. The van der Waals surface area contributed by atoms with Gasteiger partial charge in [-0.2, -0.15) is 22.8 Å². The number of aliphatic hydroxyl groups excluding tert-OH is 2. The molecule has 5 heterocycles. The molecule has 3 aromatic heterocycles. The van der Waals surface area contributed by atoms with Crippen molar-refractivity contribution < 1.29 is 33.0 Å². The van der Waals surface area contributed by atoms with Crippen LogP contribution in [0.25, 0.3) is 16.8 Å². The zero-order valence-electron chi connectivity index (χ0n) is 19.8. The maximum absolute atomic E-state index is 12.8. The van der Waals surface area contributed by atoms with Gasteiger partial charge in [-0.05, 0) is 38.7 Å². The fourth-order valence-corrected chi connectivity index (χ4v) is 5.68. The average molecular weight is 518 g/mol. The molecule has 37 heavy (non-hydrogen) atoms. The summed E-state index contributed by atoms with van der Waals surface area (Å²) in [6.07, 6.45) is -2.22. The van der Waals surface area contributed by atoms with Gasteiger partial charge in [0.25, 0.3) is 0 Å². The van der Waals surface area contributed by atoms with Crippen molar-refractivity contribution in [3.8, 4) is 11.1 Å². The molecule has 0 saturated carbocycles. The maximum Gasteiger partial charge on any atom is 0.420 e. The van der Waals surface area contributed by atoms with Gasteiger partial charge in [0.15, 0.2) is 17.5 Å². The third-order valence-electron chi connectivity index (χ3n) is 7.29. The number of nitrogen functional groups attached to an aromatic ring is 1. The third-order valence-corrected chi connectivity index (χ3v) is 7.29. The fourth-order valence-electron chi connectivity index (χ4n) is 5.68. The lowest BCUT2D eigenvalue weighted by atomic mass is 9.85. The number of rotatable bonds is 5. The number of carbonyl (C=O) groups excluding carboxylic acids is 2. The quantitative estimate of drug-likeness (QED) is 0.437. The highest BCUT2D eigenvalue weighted by Gasteiger charge is 2.45. The van der Waals surface area contributed by atoms with E-state index in [4.69, 9.17) is 10.7 Å². The number of piperidine rings is 1. The lowest BCUT2D eigenvalue weighted by molar-refractivity contribution is -0.207. The predicted molar refractivity (Wildman–Crippen MR) is 124 cm³/mol. The highest BCUT2D eigenvalue weighted by Crippen LogP contribution is 2.44. The number of nitrogens with zero attached hydrogens (tertiary/aromatic N) is 5. The summed E-state index contributed by atoms with van der Waals surface area (Å²) < 4.78 is 39.8. The smallest absolute Gasteiger partial charge is 0.387 e. The van der Waals surface area contributed by atoms with Crippen LogP contribution in [0, 0.1) is 0 Å². The Bertz CT molecular complexity index is 1360. The zero-order chi connectivity index (χ0) is 26.6. The Hall–Kier alpha value is -3.58. The molecule has 13 heteroatoms. The van der Waals surface area contributed by atoms with Crippen LogP contribution in [-0.4, -0.2) is 71.3 Å². The molecule has 2 aliphatic rings. The summed E-state index contributed by atoms with van der Waals surface area (Å²) >= 11 is 0. The summed E-state index contributed by atoms with van der Waals surface area (Å²) in [6, 6.07) is 2.30. The molecule has 2 fully saturated rings. The molecule has 2 bridgehead atoms.